The van der Waals surface area contributed by atoms with E-state index in [1.165, 1.54) is 31.4 Å². The van der Waals surface area contributed by atoms with E-state index in [0.717, 1.165) is 13.0 Å². The molecule has 146 valence electrons. The Bertz CT molecular complexity index is 817. The molecule has 0 bridgehead atoms. The molecular weight excluding hydrogens is 374 g/mol. The van der Waals surface area contributed by atoms with Gasteiger partial charge in [-0.1, -0.05) is 6.07 Å². The Kier molecular flexibility index (Phi) is 7.16. The molecule has 0 spiro atoms. The summed E-state index contributed by atoms with van der Waals surface area (Å²) >= 11 is 0. The summed E-state index contributed by atoms with van der Waals surface area (Å²) in [6, 6.07) is 8.61. The summed E-state index contributed by atoms with van der Waals surface area (Å²) in [7, 11) is 3.33. The monoisotopic (exact) mass is 396 g/mol. The number of carbonyl (C=O) groups excluding carboxylic acids is 1. The minimum absolute atomic E-state index is 0. The molecule has 1 amide bonds. The molecule has 1 unspecified atom stereocenters. The lowest BCUT2D eigenvalue weighted by atomic mass is 10.0. The van der Waals surface area contributed by atoms with E-state index < -0.39 is 11.6 Å². The summed E-state index contributed by atoms with van der Waals surface area (Å²) in [5.41, 5.74) is 0.667. The van der Waals surface area contributed by atoms with Gasteiger partial charge in [0, 0.05) is 24.7 Å². The Balaban J connectivity index is 0.00000261. The quantitative estimate of drug-likeness (QED) is 0.837. The van der Waals surface area contributed by atoms with Crippen LogP contribution >= 0.6 is 12.4 Å². The van der Waals surface area contributed by atoms with Gasteiger partial charge in [0.25, 0.3) is 5.91 Å². The van der Waals surface area contributed by atoms with Crippen LogP contribution in [0.25, 0.3) is 11.1 Å². The standard InChI is InChI=1S/C20H22F2N2O2.ClH/c1-23-11-13-7-8-24(12-13)20(25)17-5-3-14(9-18(17)21)16-6-4-15(26-2)10-19(16)22;/h3-6,9-10,13,23H,7-8,11-12H2,1-2H3;1H. The molecule has 4 nitrogen and oxygen atoms in total. The second-order valence-corrected chi connectivity index (χ2v) is 6.50. The lowest BCUT2D eigenvalue weighted by Crippen LogP contribution is -2.30. The molecule has 1 saturated heterocycles. The SMILES string of the molecule is CNCC1CCN(C(=O)c2ccc(-c3ccc(OC)cc3F)cc2F)C1.Cl. The molecule has 0 aliphatic carbocycles. The van der Waals surface area contributed by atoms with E-state index in [-0.39, 0.29) is 29.4 Å². The van der Waals surface area contributed by atoms with E-state index >= 15 is 0 Å². The van der Waals surface area contributed by atoms with Gasteiger partial charge in [-0.05, 0) is 55.8 Å². The van der Waals surface area contributed by atoms with Crippen LogP contribution < -0.4 is 10.1 Å². The summed E-state index contributed by atoms with van der Waals surface area (Å²) in [6.45, 7) is 2.08. The number of ether oxygens (including phenoxy) is 1. The van der Waals surface area contributed by atoms with Gasteiger partial charge in [0.15, 0.2) is 0 Å². The molecule has 3 rings (SSSR count). The van der Waals surface area contributed by atoms with Crippen LogP contribution in [-0.2, 0) is 0 Å². The van der Waals surface area contributed by atoms with Gasteiger partial charge in [0.05, 0.1) is 12.7 Å². The lowest BCUT2D eigenvalue weighted by molar-refractivity contribution is 0.0782. The number of halogens is 3. The molecule has 0 aromatic heterocycles. The van der Waals surface area contributed by atoms with Crippen LogP contribution in [0.15, 0.2) is 36.4 Å². The molecular formula is C20H23ClF2N2O2. The highest BCUT2D eigenvalue weighted by atomic mass is 35.5. The smallest absolute Gasteiger partial charge is 0.256 e. The summed E-state index contributed by atoms with van der Waals surface area (Å²) in [4.78, 5) is 14.3. The first-order valence-corrected chi connectivity index (χ1v) is 8.60. The molecule has 1 N–H and O–H groups in total. The van der Waals surface area contributed by atoms with Crippen molar-refractivity contribution < 1.29 is 18.3 Å². The predicted octanol–water partition coefficient (Wildman–Crippen LogP) is 3.74. The number of rotatable bonds is 5. The van der Waals surface area contributed by atoms with Crippen LogP contribution in [-0.4, -0.2) is 44.6 Å². The first-order chi connectivity index (χ1) is 12.5. The zero-order chi connectivity index (χ0) is 18.7. The molecule has 1 heterocycles. The maximum Gasteiger partial charge on any atom is 0.256 e. The van der Waals surface area contributed by atoms with Gasteiger partial charge in [-0.2, -0.15) is 0 Å². The maximum atomic E-state index is 14.6. The number of amides is 1. The number of benzene rings is 2. The number of hydrogen-bond acceptors (Lipinski definition) is 3. The Hall–Kier alpha value is -2.18. The lowest BCUT2D eigenvalue weighted by Gasteiger charge is -2.17. The first kappa shape index (κ1) is 21.1. The highest BCUT2D eigenvalue weighted by Gasteiger charge is 2.28. The summed E-state index contributed by atoms with van der Waals surface area (Å²) in [5.74, 6) is -0.678. The highest BCUT2D eigenvalue weighted by molar-refractivity contribution is 5.95. The fourth-order valence-corrected chi connectivity index (χ4v) is 3.36. The molecule has 1 fully saturated rings. The van der Waals surface area contributed by atoms with Gasteiger partial charge in [-0.25, -0.2) is 8.78 Å². The third-order valence-corrected chi connectivity index (χ3v) is 4.75. The summed E-state index contributed by atoms with van der Waals surface area (Å²) < 4.78 is 33.7. The van der Waals surface area contributed by atoms with E-state index in [9.17, 15) is 13.6 Å². The van der Waals surface area contributed by atoms with Crippen molar-refractivity contribution in [2.24, 2.45) is 5.92 Å². The Morgan fingerprint density at radius 1 is 1.22 bits per heavy atom. The first-order valence-electron chi connectivity index (χ1n) is 8.60. The number of nitrogens with zero attached hydrogens (tertiary/aromatic N) is 1. The van der Waals surface area contributed by atoms with Crippen molar-refractivity contribution in [3.05, 3.63) is 53.6 Å². The van der Waals surface area contributed by atoms with Crippen molar-refractivity contribution in [3.63, 3.8) is 0 Å². The third kappa shape index (κ3) is 4.57. The van der Waals surface area contributed by atoms with Crippen molar-refractivity contribution >= 4 is 18.3 Å². The van der Waals surface area contributed by atoms with E-state index in [1.807, 2.05) is 7.05 Å². The van der Waals surface area contributed by atoms with Crippen LogP contribution in [0, 0.1) is 17.6 Å². The second-order valence-electron chi connectivity index (χ2n) is 6.50. The van der Waals surface area contributed by atoms with E-state index in [0.29, 0.717) is 30.3 Å². The van der Waals surface area contributed by atoms with Crippen LogP contribution in [0.5, 0.6) is 5.75 Å². The largest absolute Gasteiger partial charge is 0.497 e. The van der Waals surface area contributed by atoms with Crippen molar-refractivity contribution in [2.75, 3.05) is 33.8 Å². The molecule has 2 aromatic carbocycles. The molecule has 0 saturated carbocycles. The van der Waals surface area contributed by atoms with Gasteiger partial charge in [0.1, 0.15) is 17.4 Å². The van der Waals surface area contributed by atoms with Gasteiger partial charge >= 0.3 is 0 Å². The molecule has 1 atom stereocenters. The summed E-state index contributed by atoms with van der Waals surface area (Å²) in [5, 5.41) is 3.10. The fraction of sp³-hybridized carbons (Fsp3) is 0.350. The molecule has 27 heavy (non-hydrogen) atoms. The summed E-state index contributed by atoms with van der Waals surface area (Å²) in [6.07, 6.45) is 0.906. The van der Waals surface area contributed by atoms with Gasteiger partial charge < -0.3 is 15.0 Å². The zero-order valence-corrected chi connectivity index (χ0v) is 16.1. The zero-order valence-electron chi connectivity index (χ0n) is 15.3. The molecule has 7 heteroatoms. The number of carbonyl (C=O) groups is 1. The van der Waals surface area contributed by atoms with Crippen LogP contribution in [0.1, 0.15) is 16.8 Å². The fourth-order valence-electron chi connectivity index (χ4n) is 3.36. The Morgan fingerprint density at radius 3 is 2.63 bits per heavy atom. The topological polar surface area (TPSA) is 41.6 Å². The van der Waals surface area contributed by atoms with E-state index in [1.54, 1.807) is 17.0 Å². The van der Waals surface area contributed by atoms with Gasteiger partial charge in [-0.3, -0.25) is 4.79 Å². The van der Waals surface area contributed by atoms with E-state index in [2.05, 4.69) is 5.32 Å². The number of likely N-dealkylation sites (tertiary alicyclic amines) is 1. The second kappa shape index (κ2) is 9.15. The number of methoxy groups -OCH3 is 1. The predicted molar refractivity (Wildman–Crippen MR) is 104 cm³/mol. The van der Waals surface area contributed by atoms with Crippen molar-refractivity contribution in [1.82, 2.24) is 10.2 Å². The maximum absolute atomic E-state index is 14.6. The minimum Gasteiger partial charge on any atom is -0.497 e. The van der Waals surface area contributed by atoms with Gasteiger partial charge in [-0.15, -0.1) is 12.4 Å². The highest BCUT2D eigenvalue weighted by Crippen LogP contribution is 2.28. The average Bonchev–Trinajstić information content (AvgIpc) is 3.10. The van der Waals surface area contributed by atoms with Gasteiger partial charge in [0.2, 0.25) is 0 Å². The molecule has 0 radical (unpaired) electrons. The molecule has 1 aliphatic heterocycles. The van der Waals surface area contributed by atoms with Crippen LogP contribution in [0.2, 0.25) is 0 Å². The van der Waals surface area contributed by atoms with Crippen molar-refractivity contribution in [2.45, 2.75) is 6.42 Å². The normalized spacial score (nSPS) is 16.1. The van der Waals surface area contributed by atoms with Crippen LogP contribution in [0.4, 0.5) is 8.78 Å². The molecule has 2 aromatic rings. The van der Waals surface area contributed by atoms with Crippen molar-refractivity contribution in [3.8, 4) is 16.9 Å². The average molecular weight is 397 g/mol. The Morgan fingerprint density at radius 2 is 2.00 bits per heavy atom. The van der Waals surface area contributed by atoms with E-state index in [4.69, 9.17) is 4.74 Å². The Labute approximate surface area is 163 Å². The number of hydrogen-bond donors (Lipinski definition) is 1. The molecule has 1 aliphatic rings. The number of nitrogens with one attached hydrogen (secondary N) is 1. The van der Waals surface area contributed by atoms with Crippen LogP contribution in [0.3, 0.4) is 0 Å². The van der Waals surface area contributed by atoms with Crippen molar-refractivity contribution in [1.29, 1.82) is 0 Å². The minimum atomic E-state index is -0.639. The third-order valence-electron chi connectivity index (χ3n) is 4.75.